The van der Waals surface area contributed by atoms with Crippen LogP contribution in [-0.2, 0) is 12.0 Å². The molecule has 1 aromatic heterocycles. The molecule has 8 heteroatoms. The normalized spacial score (nSPS) is 18.9. The van der Waals surface area contributed by atoms with Crippen molar-refractivity contribution in [2.45, 2.75) is 39.2 Å². The van der Waals surface area contributed by atoms with E-state index >= 15 is 0 Å². The van der Waals surface area contributed by atoms with Crippen LogP contribution >= 0.6 is 11.8 Å². The predicted molar refractivity (Wildman–Crippen MR) is 112 cm³/mol. The van der Waals surface area contributed by atoms with Gasteiger partial charge in [0.1, 0.15) is 5.69 Å². The maximum absolute atomic E-state index is 12.6. The minimum absolute atomic E-state index is 0.112. The van der Waals surface area contributed by atoms with Crippen molar-refractivity contribution < 1.29 is 9.63 Å². The first-order valence-corrected chi connectivity index (χ1v) is 9.95. The van der Waals surface area contributed by atoms with Gasteiger partial charge in [-0.25, -0.2) is 9.97 Å². The monoisotopic (exact) mass is 397 g/mol. The van der Waals surface area contributed by atoms with E-state index in [1.807, 2.05) is 38.1 Å². The van der Waals surface area contributed by atoms with Crippen molar-refractivity contribution in [2.24, 2.45) is 15.9 Å². The molecule has 0 unspecified atom stereocenters. The second-order valence-electron chi connectivity index (χ2n) is 6.99. The molecular formula is C20H23N5O2S. The zero-order chi connectivity index (χ0) is 20.1. The maximum Gasteiger partial charge on any atom is 0.267 e. The van der Waals surface area contributed by atoms with Crippen molar-refractivity contribution in [3.05, 3.63) is 53.5 Å². The summed E-state index contributed by atoms with van der Waals surface area (Å²) in [5, 5.41) is 4.42. The Labute approximate surface area is 168 Å². The van der Waals surface area contributed by atoms with E-state index in [0.29, 0.717) is 5.17 Å². The Bertz CT molecular complexity index is 922. The average molecular weight is 398 g/mol. The molecule has 1 aliphatic rings. The molecule has 0 bridgehead atoms. The number of nitrogens with two attached hydrogens (primary N) is 1. The third kappa shape index (κ3) is 4.95. The Morgan fingerprint density at radius 1 is 1.32 bits per heavy atom. The lowest BCUT2D eigenvalue weighted by molar-refractivity contribution is 0.0987. The smallest absolute Gasteiger partial charge is 0.267 e. The van der Waals surface area contributed by atoms with Crippen molar-refractivity contribution in [3.8, 4) is 5.88 Å². The molecule has 146 valence electrons. The summed E-state index contributed by atoms with van der Waals surface area (Å²) in [6.45, 7) is 5.70. The first-order valence-electron chi connectivity index (χ1n) is 8.97. The number of Topliss-reactive ketones (excluding diaryl/α,β-unsaturated/α-hetero) is 1. The quantitative estimate of drug-likeness (QED) is 0.455. The average Bonchev–Trinajstić information content (AvgIpc) is 2.67. The summed E-state index contributed by atoms with van der Waals surface area (Å²) in [5.41, 5.74) is 8.58. The summed E-state index contributed by atoms with van der Waals surface area (Å²) in [5.74, 6) is 1.07. The summed E-state index contributed by atoms with van der Waals surface area (Å²) in [6.07, 6.45) is 3.95. The number of hydrogen-bond acceptors (Lipinski definition) is 8. The van der Waals surface area contributed by atoms with Crippen LogP contribution in [0.4, 0.5) is 0 Å². The number of aromatic nitrogens is 2. The minimum atomic E-state index is -0.356. The number of rotatable bonds is 6. The highest BCUT2D eigenvalue weighted by Gasteiger charge is 2.29. The van der Waals surface area contributed by atoms with E-state index in [2.05, 4.69) is 27.0 Å². The Morgan fingerprint density at radius 2 is 2.14 bits per heavy atom. The molecule has 0 fully saturated rings. The van der Waals surface area contributed by atoms with Crippen LogP contribution in [0.5, 0.6) is 5.88 Å². The molecule has 0 radical (unpaired) electrons. The molecule has 28 heavy (non-hydrogen) atoms. The predicted octanol–water partition coefficient (Wildman–Crippen LogP) is 3.34. The molecule has 1 aromatic carbocycles. The molecule has 1 atom stereocenters. The third-order valence-electron chi connectivity index (χ3n) is 4.34. The number of carbonyl (C=O) groups excluding carboxylic acids is 1. The van der Waals surface area contributed by atoms with Crippen LogP contribution in [-0.4, -0.2) is 32.4 Å². The summed E-state index contributed by atoms with van der Waals surface area (Å²) in [4.78, 5) is 30.5. The van der Waals surface area contributed by atoms with Gasteiger partial charge in [-0.15, -0.1) is 0 Å². The molecule has 1 aliphatic heterocycles. The van der Waals surface area contributed by atoms with Crippen molar-refractivity contribution in [2.75, 3.05) is 5.75 Å². The van der Waals surface area contributed by atoms with Gasteiger partial charge in [0.15, 0.2) is 11.0 Å². The standard InChI is InChI=1S/C20H23N5O2S/c1-13(2)25-27-18-12-22-16(11-23-18)17(26)10-14-5-4-6-15(9-14)20(3)7-8-28-19(21)24-20/h4-6,9,11-12H,7-8,10H2,1-3H3,(H2,21,24)/t20-/m0/s1. The Balaban J connectivity index is 1.73. The molecular weight excluding hydrogens is 374 g/mol. The van der Waals surface area contributed by atoms with Gasteiger partial charge in [0, 0.05) is 12.2 Å². The lowest BCUT2D eigenvalue weighted by atomic mass is 9.88. The molecule has 0 amide bonds. The Kier molecular flexibility index (Phi) is 6.08. The van der Waals surface area contributed by atoms with Crippen molar-refractivity contribution in [1.82, 2.24) is 9.97 Å². The number of carbonyl (C=O) groups is 1. The fourth-order valence-corrected chi connectivity index (χ4v) is 3.81. The van der Waals surface area contributed by atoms with Gasteiger partial charge in [0.05, 0.1) is 23.6 Å². The highest BCUT2D eigenvalue weighted by atomic mass is 32.2. The summed E-state index contributed by atoms with van der Waals surface area (Å²) in [6, 6.07) is 7.93. The summed E-state index contributed by atoms with van der Waals surface area (Å²) < 4.78 is 0. The Hall–Kier alpha value is -2.74. The van der Waals surface area contributed by atoms with Crippen LogP contribution in [0.1, 0.15) is 48.8 Å². The van der Waals surface area contributed by atoms with Crippen LogP contribution < -0.4 is 10.6 Å². The lowest BCUT2D eigenvalue weighted by Crippen LogP contribution is -2.28. The number of amidine groups is 1. The van der Waals surface area contributed by atoms with Gasteiger partial charge in [0.25, 0.3) is 5.88 Å². The number of aliphatic imine (C=N–C) groups is 1. The molecule has 7 nitrogen and oxygen atoms in total. The van der Waals surface area contributed by atoms with E-state index in [9.17, 15) is 4.79 Å². The second kappa shape index (κ2) is 8.52. The summed E-state index contributed by atoms with van der Waals surface area (Å²) >= 11 is 1.57. The minimum Gasteiger partial charge on any atom is -0.379 e. The van der Waals surface area contributed by atoms with Crippen LogP contribution in [0.25, 0.3) is 0 Å². The number of nitrogens with zero attached hydrogens (tertiary/aromatic N) is 4. The topological polar surface area (TPSA) is 103 Å². The van der Waals surface area contributed by atoms with Gasteiger partial charge in [-0.2, -0.15) is 0 Å². The molecule has 0 saturated carbocycles. The van der Waals surface area contributed by atoms with Gasteiger partial charge in [-0.1, -0.05) is 41.2 Å². The largest absolute Gasteiger partial charge is 0.379 e. The van der Waals surface area contributed by atoms with Crippen molar-refractivity contribution in [3.63, 3.8) is 0 Å². The third-order valence-corrected chi connectivity index (χ3v) is 5.14. The van der Waals surface area contributed by atoms with E-state index in [1.54, 1.807) is 11.8 Å². The molecule has 0 aliphatic carbocycles. The molecule has 0 saturated heterocycles. The van der Waals surface area contributed by atoms with Crippen molar-refractivity contribution >= 4 is 28.4 Å². The van der Waals surface area contributed by atoms with Crippen LogP contribution in [0.3, 0.4) is 0 Å². The Morgan fingerprint density at radius 3 is 2.82 bits per heavy atom. The molecule has 3 rings (SSSR count). The van der Waals surface area contributed by atoms with Crippen molar-refractivity contribution in [1.29, 1.82) is 0 Å². The fraction of sp³-hybridized carbons (Fsp3) is 0.350. The maximum atomic E-state index is 12.6. The second-order valence-corrected chi connectivity index (χ2v) is 8.11. The van der Waals surface area contributed by atoms with E-state index in [0.717, 1.165) is 29.0 Å². The number of oxime groups is 1. The molecule has 2 N–H and O–H groups in total. The lowest BCUT2D eigenvalue weighted by Gasteiger charge is -2.30. The number of ketones is 1. The number of benzene rings is 1. The first kappa shape index (κ1) is 20.0. The first-order chi connectivity index (χ1) is 13.4. The number of thioether (sulfide) groups is 1. The van der Waals surface area contributed by atoms with Gasteiger partial charge >= 0.3 is 0 Å². The van der Waals surface area contributed by atoms with Crippen LogP contribution in [0, 0.1) is 0 Å². The van der Waals surface area contributed by atoms with Gasteiger partial charge in [0.2, 0.25) is 0 Å². The van der Waals surface area contributed by atoms with E-state index in [4.69, 9.17) is 10.6 Å². The molecule has 2 aromatic rings. The van der Waals surface area contributed by atoms with Gasteiger partial charge < -0.3 is 10.6 Å². The van der Waals surface area contributed by atoms with Gasteiger partial charge in [-0.05, 0) is 38.3 Å². The van der Waals surface area contributed by atoms with E-state index < -0.39 is 0 Å². The highest BCUT2D eigenvalue weighted by Crippen LogP contribution is 2.35. The van der Waals surface area contributed by atoms with Gasteiger partial charge in [-0.3, -0.25) is 9.79 Å². The molecule has 0 spiro atoms. The molecule has 2 heterocycles. The SMILES string of the molecule is CC(C)=NOc1cnc(C(=O)Cc2cccc([C@]3(C)CCSC(N)=N3)c2)cn1. The fourth-order valence-electron chi connectivity index (χ4n) is 2.83. The summed E-state index contributed by atoms with van der Waals surface area (Å²) in [7, 11) is 0. The highest BCUT2D eigenvalue weighted by molar-refractivity contribution is 8.13. The zero-order valence-electron chi connectivity index (χ0n) is 16.2. The zero-order valence-corrected chi connectivity index (χ0v) is 17.0. The number of hydrogen-bond donors (Lipinski definition) is 1. The van der Waals surface area contributed by atoms with Crippen LogP contribution in [0.2, 0.25) is 0 Å². The van der Waals surface area contributed by atoms with Crippen LogP contribution in [0.15, 0.2) is 46.8 Å². The van der Waals surface area contributed by atoms with E-state index in [1.165, 1.54) is 12.4 Å². The van der Waals surface area contributed by atoms with E-state index in [-0.39, 0.29) is 29.3 Å².